The Balaban J connectivity index is 2.66. The molecule has 2 N–H and O–H groups in total. The number of hydrogen-bond donors (Lipinski definition) is 2. The highest BCUT2D eigenvalue weighted by atomic mass is 19.1. The fraction of sp³-hybridized carbons (Fsp3) is 0.364. The Kier molecular flexibility index (Phi) is 4.25. The molecule has 0 spiro atoms. The maximum absolute atomic E-state index is 13.3. The summed E-state index contributed by atoms with van der Waals surface area (Å²) in [6.45, 7) is 2.09. The van der Waals surface area contributed by atoms with Gasteiger partial charge in [-0.25, -0.2) is 4.39 Å². The van der Waals surface area contributed by atoms with Crippen LogP contribution in [0.5, 0.6) is 5.75 Å². The van der Waals surface area contributed by atoms with Gasteiger partial charge in [0.25, 0.3) is 5.91 Å². The maximum atomic E-state index is 13.3. The van der Waals surface area contributed by atoms with Crippen LogP contribution in [-0.2, 0) is 4.74 Å². The molecule has 0 aliphatic heterocycles. The molecular weight excluding hydrogens is 213 g/mol. The summed E-state index contributed by atoms with van der Waals surface area (Å²) in [5, 5.41) is 11.5. The van der Waals surface area contributed by atoms with Crippen molar-refractivity contribution in [3.63, 3.8) is 0 Å². The smallest absolute Gasteiger partial charge is 0.254 e. The highest BCUT2D eigenvalue weighted by molar-refractivity contribution is 5.94. The number of halogens is 1. The molecule has 1 atom stereocenters. The van der Waals surface area contributed by atoms with Gasteiger partial charge in [0.2, 0.25) is 0 Å². The number of phenols is 1. The van der Waals surface area contributed by atoms with E-state index in [0.29, 0.717) is 6.54 Å². The van der Waals surface area contributed by atoms with Crippen molar-refractivity contribution in [3.8, 4) is 5.75 Å². The van der Waals surface area contributed by atoms with Crippen LogP contribution in [0, 0.1) is 5.82 Å². The molecule has 0 fully saturated rings. The van der Waals surface area contributed by atoms with Crippen molar-refractivity contribution < 1.29 is 19.0 Å². The van der Waals surface area contributed by atoms with E-state index in [-0.39, 0.29) is 17.4 Å². The Morgan fingerprint density at radius 3 is 2.88 bits per heavy atom. The van der Waals surface area contributed by atoms with E-state index in [1.165, 1.54) is 19.2 Å². The van der Waals surface area contributed by atoms with Gasteiger partial charge in [0.1, 0.15) is 11.6 Å². The molecule has 1 amide bonds. The van der Waals surface area contributed by atoms with E-state index in [0.717, 1.165) is 6.07 Å². The fourth-order valence-electron chi connectivity index (χ4n) is 1.10. The second-order valence-electron chi connectivity index (χ2n) is 3.42. The molecule has 1 aromatic rings. The van der Waals surface area contributed by atoms with Crippen LogP contribution >= 0.6 is 0 Å². The highest BCUT2D eigenvalue weighted by Crippen LogP contribution is 2.14. The van der Waals surface area contributed by atoms with Crippen LogP contribution in [0.4, 0.5) is 4.39 Å². The minimum Gasteiger partial charge on any atom is -0.508 e. The van der Waals surface area contributed by atoms with Gasteiger partial charge in [0.15, 0.2) is 0 Å². The van der Waals surface area contributed by atoms with E-state index in [1.54, 1.807) is 6.92 Å². The number of benzene rings is 1. The van der Waals surface area contributed by atoms with Gasteiger partial charge in [-0.2, -0.15) is 0 Å². The number of ether oxygens (including phenoxy) is 1. The number of phenolic OH excluding ortho intramolecular Hbond substituents is 1. The van der Waals surface area contributed by atoms with Crippen LogP contribution in [0.25, 0.3) is 0 Å². The molecule has 16 heavy (non-hydrogen) atoms. The van der Waals surface area contributed by atoms with Crippen LogP contribution < -0.4 is 5.32 Å². The summed E-state index contributed by atoms with van der Waals surface area (Å²) in [4.78, 5) is 11.5. The summed E-state index contributed by atoms with van der Waals surface area (Å²) in [7, 11) is 1.53. The molecule has 1 unspecified atom stereocenters. The van der Waals surface area contributed by atoms with Gasteiger partial charge in [-0.3, -0.25) is 4.79 Å². The average Bonchev–Trinajstić information content (AvgIpc) is 2.25. The quantitative estimate of drug-likeness (QED) is 0.815. The largest absolute Gasteiger partial charge is 0.508 e. The molecule has 1 rings (SSSR count). The molecule has 1 aromatic carbocycles. The molecule has 88 valence electrons. The van der Waals surface area contributed by atoms with Crippen molar-refractivity contribution in [2.24, 2.45) is 0 Å². The third-order valence-electron chi connectivity index (χ3n) is 2.15. The van der Waals surface area contributed by atoms with Gasteiger partial charge in [-0.1, -0.05) is 0 Å². The summed E-state index contributed by atoms with van der Waals surface area (Å²) in [5.74, 6) is -1.48. The van der Waals surface area contributed by atoms with Crippen molar-refractivity contribution in [1.29, 1.82) is 0 Å². The van der Waals surface area contributed by atoms with Crippen LogP contribution in [0.2, 0.25) is 0 Å². The first-order valence-electron chi connectivity index (χ1n) is 4.84. The number of carbonyl (C=O) groups is 1. The average molecular weight is 227 g/mol. The summed E-state index contributed by atoms with van der Waals surface area (Å²) in [6, 6.07) is 3.39. The Labute approximate surface area is 93.0 Å². The topological polar surface area (TPSA) is 58.6 Å². The minimum absolute atomic E-state index is 0.0962. The Morgan fingerprint density at radius 1 is 1.62 bits per heavy atom. The third-order valence-corrected chi connectivity index (χ3v) is 2.15. The Bertz CT molecular complexity index is 381. The van der Waals surface area contributed by atoms with Crippen LogP contribution in [0.15, 0.2) is 18.2 Å². The van der Waals surface area contributed by atoms with Gasteiger partial charge in [0.05, 0.1) is 11.7 Å². The third kappa shape index (κ3) is 3.20. The van der Waals surface area contributed by atoms with Crippen LogP contribution in [0.3, 0.4) is 0 Å². The second-order valence-corrected chi connectivity index (χ2v) is 3.42. The highest BCUT2D eigenvalue weighted by Gasteiger charge is 2.12. The molecule has 0 heterocycles. The van der Waals surface area contributed by atoms with E-state index in [2.05, 4.69) is 5.32 Å². The molecule has 0 aliphatic carbocycles. The van der Waals surface area contributed by atoms with Gasteiger partial charge in [0, 0.05) is 19.7 Å². The number of amides is 1. The summed E-state index contributed by atoms with van der Waals surface area (Å²) in [5.41, 5.74) is -0.0962. The van der Waals surface area contributed by atoms with Crippen LogP contribution in [-0.4, -0.2) is 30.8 Å². The molecule has 0 radical (unpaired) electrons. The van der Waals surface area contributed by atoms with E-state index in [9.17, 15) is 9.18 Å². The van der Waals surface area contributed by atoms with E-state index >= 15 is 0 Å². The first-order chi connectivity index (χ1) is 7.54. The van der Waals surface area contributed by atoms with E-state index < -0.39 is 11.7 Å². The molecule has 0 aliphatic rings. The first-order valence-corrected chi connectivity index (χ1v) is 4.84. The lowest BCUT2D eigenvalue weighted by atomic mass is 10.2. The van der Waals surface area contributed by atoms with Crippen molar-refractivity contribution in [2.75, 3.05) is 13.7 Å². The predicted octanol–water partition coefficient (Wildman–Crippen LogP) is 1.30. The number of rotatable bonds is 4. The normalized spacial score (nSPS) is 12.2. The zero-order valence-corrected chi connectivity index (χ0v) is 9.16. The number of methoxy groups -OCH3 is 1. The Morgan fingerprint density at radius 2 is 2.31 bits per heavy atom. The second kappa shape index (κ2) is 5.46. The number of nitrogens with one attached hydrogen (secondary N) is 1. The molecule has 0 saturated carbocycles. The minimum atomic E-state index is -0.748. The van der Waals surface area contributed by atoms with Gasteiger partial charge < -0.3 is 15.2 Å². The lowest BCUT2D eigenvalue weighted by Gasteiger charge is -2.11. The SMILES string of the molecule is COC(C)CNC(=O)c1ccc(O)cc1F. The zero-order valence-electron chi connectivity index (χ0n) is 9.16. The number of aromatic hydroxyl groups is 1. The monoisotopic (exact) mass is 227 g/mol. The summed E-state index contributed by atoms with van der Waals surface area (Å²) < 4.78 is 18.2. The maximum Gasteiger partial charge on any atom is 0.254 e. The van der Waals surface area contributed by atoms with Gasteiger partial charge in [-0.05, 0) is 19.1 Å². The fourth-order valence-corrected chi connectivity index (χ4v) is 1.10. The van der Waals surface area contributed by atoms with E-state index in [1.807, 2.05) is 0 Å². The molecule has 0 bridgehead atoms. The van der Waals surface area contributed by atoms with Crippen molar-refractivity contribution in [1.82, 2.24) is 5.32 Å². The van der Waals surface area contributed by atoms with Crippen molar-refractivity contribution in [3.05, 3.63) is 29.6 Å². The molecular formula is C11H14FNO3. The summed E-state index contributed by atoms with van der Waals surface area (Å²) in [6.07, 6.45) is -0.135. The Hall–Kier alpha value is -1.62. The van der Waals surface area contributed by atoms with Crippen LogP contribution in [0.1, 0.15) is 17.3 Å². The molecule has 0 saturated heterocycles. The standard InChI is InChI=1S/C11H14FNO3/c1-7(16-2)6-13-11(15)9-4-3-8(14)5-10(9)12/h3-5,7,14H,6H2,1-2H3,(H,13,15). The number of hydrogen-bond acceptors (Lipinski definition) is 3. The lowest BCUT2D eigenvalue weighted by Crippen LogP contribution is -2.32. The summed E-state index contributed by atoms with van der Waals surface area (Å²) >= 11 is 0. The van der Waals surface area contributed by atoms with Crippen molar-refractivity contribution in [2.45, 2.75) is 13.0 Å². The van der Waals surface area contributed by atoms with Gasteiger partial charge >= 0.3 is 0 Å². The molecule has 0 aromatic heterocycles. The van der Waals surface area contributed by atoms with Gasteiger partial charge in [-0.15, -0.1) is 0 Å². The zero-order chi connectivity index (χ0) is 12.1. The first kappa shape index (κ1) is 12.4. The molecule has 4 nitrogen and oxygen atoms in total. The molecule has 5 heteroatoms. The number of carbonyl (C=O) groups excluding carboxylic acids is 1. The lowest BCUT2D eigenvalue weighted by molar-refractivity contribution is 0.0867. The van der Waals surface area contributed by atoms with E-state index in [4.69, 9.17) is 9.84 Å². The van der Waals surface area contributed by atoms with Crippen molar-refractivity contribution >= 4 is 5.91 Å². The predicted molar refractivity (Wildman–Crippen MR) is 56.9 cm³/mol.